The lowest BCUT2D eigenvalue weighted by atomic mass is 10.1. The molecule has 0 spiro atoms. The lowest BCUT2D eigenvalue weighted by molar-refractivity contribution is -0.107. The topological polar surface area (TPSA) is 66.4 Å². The lowest BCUT2D eigenvalue weighted by Gasteiger charge is -2.35. The Bertz CT molecular complexity index is 991. The Morgan fingerprint density at radius 2 is 1.89 bits per heavy atom. The minimum absolute atomic E-state index is 0.0361. The van der Waals surface area contributed by atoms with Crippen LogP contribution in [-0.2, 0) is 17.6 Å². The Hall–Kier alpha value is -2.80. The summed E-state index contributed by atoms with van der Waals surface area (Å²) in [7, 11) is 0. The van der Waals surface area contributed by atoms with Gasteiger partial charge in [0, 0.05) is 43.0 Å². The highest BCUT2D eigenvalue weighted by atomic mass is 32.1. The normalized spacial score (nSPS) is 14.5. The monoisotopic (exact) mass is 394 g/mol. The molecular weight excluding hydrogens is 372 g/mol. The van der Waals surface area contributed by atoms with E-state index in [1.165, 1.54) is 4.88 Å². The SMILES string of the molecule is CCc1cc2c(N3CCN(C(=O)c4ccc(CC=O)cc4)CC3)ncnc2s1. The average molecular weight is 395 g/mol. The lowest BCUT2D eigenvalue weighted by Crippen LogP contribution is -2.49. The van der Waals surface area contributed by atoms with Crippen molar-refractivity contribution < 1.29 is 9.59 Å². The number of aromatic nitrogens is 2. The smallest absolute Gasteiger partial charge is 0.253 e. The fraction of sp³-hybridized carbons (Fsp3) is 0.333. The third-order valence-corrected chi connectivity index (χ3v) is 6.28. The van der Waals surface area contributed by atoms with Crippen LogP contribution >= 0.6 is 11.3 Å². The van der Waals surface area contributed by atoms with E-state index in [9.17, 15) is 9.59 Å². The molecule has 0 bridgehead atoms. The van der Waals surface area contributed by atoms with Crippen LogP contribution in [0, 0.1) is 0 Å². The second kappa shape index (κ2) is 8.06. The maximum Gasteiger partial charge on any atom is 0.253 e. The van der Waals surface area contributed by atoms with Gasteiger partial charge in [-0.2, -0.15) is 0 Å². The van der Waals surface area contributed by atoms with Gasteiger partial charge >= 0.3 is 0 Å². The molecule has 0 atom stereocenters. The molecule has 1 aliphatic rings. The summed E-state index contributed by atoms with van der Waals surface area (Å²) in [4.78, 5) is 38.8. The van der Waals surface area contributed by atoms with E-state index in [1.807, 2.05) is 17.0 Å². The van der Waals surface area contributed by atoms with Crippen molar-refractivity contribution in [3.63, 3.8) is 0 Å². The van der Waals surface area contributed by atoms with Gasteiger partial charge in [0.05, 0.1) is 5.39 Å². The minimum Gasteiger partial charge on any atom is -0.352 e. The molecule has 3 heterocycles. The average Bonchev–Trinajstić information content (AvgIpc) is 3.18. The van der Waals surface area contributed by atoms with Crippen LogP contribution in [0.15, 0.2) is 36.7 Å². The van der Waals surface area contributed by atoms with Gasteiger partial charge in [0.1, 0.15) is 23.3 Å². The zero-order chi connectivity index (χ0) is 19.5. The highest BCUT2D eigenvalue weighted by Gasteiger charge is 2.24. The largest absolute Gasteiger partial charge is 0.352 e. The Labute approximate surface area is 167 Å². The molecule has 0 aliphatic carbocycles. The van der Waals surface area contributed by atoms with Crippen molar-refractivity contribution in [2.24, 2.45) is 0 Å². The van der Waals surface area contributed by atoms with E-state index in [4.69, 9.17) is 0 Å². The third kappa shape index (κ3) is 3.62. The van der Waals surface area contributed by atoms with Gasteiger partial charge < -0.3 is 14.6 Å². The van der Waals surface area contributed by atoms with Gasteiger partial charge in [0.25, 0.3) is 5.91 Å². The van der Waals surface area contributed by atoms with Gasteiger partial charge in [0.15, 0.2) is 0 Å². The quantitative estimate of drug-likeness (QED) is 0.623. The maximum absolute atomic E-state index is 12.8. The summed E-state index contributed by atoms with van der Waals surface area (Å²) in [6.45, 7) is 4.96. The number of fused-ring (bicyclic) bond motifs is 1. The van der Waals surface area contributed by atoms with E-state index in [0.717, 1.165) is 47.4 Å². The van der Waals surface area contributed by atoms with Crippen LogP contribution < -0.4 is 4.90 Å². The summed E-state index contributed by atoms with van der Waals surface area (Å²) >= 11 is 1.72. The van der Waals surface area contributed by atoms with E-state index in [-0.39, 0.29) is 5.91 Å². The molecule has 2 aromatic heterocycles. The zero-order valence-electron chi connectivity index (χ0n) is 15.8. The van der Waals surface area contributed by atoms with E-state index >= 15 is 0 Å². The Kier molecular flexibility index (Phi) is 5.34. The number of nitrogens with zero attached hydrogens (tertiary/aromatic N) is 4. The van der Waals surface area contributed by atoms with Gasteiger partial charge in [-0.05, 0) is 30.2 Å². The molecule has 1 aromatic carbocycles. The first kappa shape index (κ1) is 18.6. The number of rotatable bonds is 5. The molecule has 1 saturated heterocycles. The number of aldehydes is 1. The minimum atomic E-state index is 0.0361. The number of carbonyl (C=O) groups excluding carboxylic acids is 2. The Morgan fingerprint density at radius 3 is 2.57 bits per heavy atom. The van der Waals surface area contributed by atoms with Crippen molar-refractivity contribution in [1.29, 1.82) is 0 Å². The molecule has 0 saturated carbocycles. The van der Waals surface area contributed by atoms with Gasteiger partial charge in [-0.3, -0.25) is 4.79 Å². The van der Waals surface area contributed by atoms with Crippen LogP contribution in [0.25, 0.3) is 10.2 Å². The van der Waals surface area contributed by atoms with E-state index in [2.05, 4.69) is 27.9 Å². The number of anilines is 1. The summed E-state index contributed by atoms with van der Waals surface area (Å²) in [6, 6.07) is 9.49. The highest BCUT2D eigenvalue weighted by molar-refractivity contribution is 7.18. The number of hydrogen-bond donors (Lipinski definition) is 0. The van der Waals surface area contributed by atoms with Crippen molar-refractivity contribution >= 4 is 39.6 Å². The van der Waals surface area contributed by atoms with Gasteiger partial charge in [0.2, 0.25) is 0 Å². The van der Waals surface area contributed by atoms with Crippen molar-refractivity contribution in [3.8, 4) is 0 Å². The molecule has 7 heteroatoms. The molecule has 0 N–H and O–H groups in total. The van der Waals surface area contributed by atoms with E-state index in [0.29, 0.717) is 25.1 Å². The first-order valence-corrected chi connectivity index (χ1v) is 10.3. The maximum atomic E-state index is 12.8. The molecule has 1 amide bonds. The van der Waals surface area contributed by atoms with Gasteiger partial charge in [-0.1, -0.05) is 19.1 Å². The molecule has 1 fully saturated rings. The number of hydrogen-bond acceptors (Lipinski definition) is 6. The first-order chi connectivity index (χ1) is 13.7. The van der Waals surface area contributed by atoms with Crippen molar-refractivity contribution in [1.82, 2.24) is 14.9 Å². The number of carbonyl (C=O) groups is 2. The van der Waals surface area contributed by atoms with Crippen molar-refractivity contribution in [2.45, 2.75) is 19.8 Å². The highest BCUT2D eigenvalue weighted by Crippen LogP contribution is 2.31. The second-order valence-electron chi connectivity index (χ2n) is 6.83. The molecule has 1 aliphatic heterocycles. The second-order valence-corrected chi connectivity index (χ2v) is 7.94. The molecule has 0 unspecified atom stereocenters. The first-order valence-electron chi connectivity index (χ1n) is 9.49. The molecule has 28 heavy (non-hydrogen) atoms. The predicted octanol–water partition coefficient (Wildman–Crippen LogP) is 2.96. The Balaban J connectivity index is 1.45. The number of amides is 1. The third-order valence-electron chi connectivity index (χ3n) is 5.09. The van der Waals surface area contributed by atoms with Crippen LogP contribution in [0.3, 0.4) is 0 Å². The van der Waals surface area contributed by atoms with Crippen molar-refractivity contribution in [3.05, 3.63) is 52.7 Å². The summed E-state index contributed by atoms with van der Waals surface area (Å²) in [5.74, 6) is 1.00. The molecule has 4 rings (SSSR count). The molecule has 0 radical (unpaired) electrons. The molecule has 3 aromatic rings. The van der Waals surface area contributed by atoms with Gasteiger partial charge in [-0.15, -0.1) is 11.3 Å². The number of aryl methyl sites for hydroxylation is 1. The van der Waals surface area contributed by atoms with E-state index < -0.39 is 0 Å². The molecular formula is C21H22N4O2S. The van der Waals surface area contributed by atoms with Crippen LogP contribution in [0.2, 0.25) is 0 Å². The molecule has 144 valence electrons. The number of piperazine rings is 1. The zero-order valence-corrected chi connectivity index (χ0v) is 16.6. The van der Waals surface area contributed by atoms with Crippen LogP contribution in [0.1, 0.15) is 27.7 Å². The number of thiophene rings is 1. The van der Waals surface area contributed by atoms with Crippen LogP contribution in [0.5, 0.6) is 0 Å². The van der Waals surface area contributed by atoms with Crippen LogP contribution in [-0.4, -0.2) is 53.2 Å². The molecule has 6 nitrogen and oxygen atoms in total. The fourth-order valence-electron chi connectivity index (χ4n) is 3.50. The fourth-order valence-corrected chi connectivity index (χ4v) is 4.43. The standard InChI is InChI=1S/C21H22N4O2S/c1-2-17-13-18-19(22-14-23-20(18)28-17)24-8-10-25(11-9-24)21(27)16-5-3-15(4-6-16)7-12-26/h3-6,12-14H,2,7-11H2,1H3. The summed E-state index contributed by atoms with van der Waals surface area (Å²) in [5, 5.41) is 1.11. The summed E-state index contributed by atoms with van der Waals surface area (Å²) in [6.07, 6.45) is 3.88. The summed E-state index contributed by atoms with van der Waals surface area (Å²) < 4.78 is 0. The Morgan fingerprint density at radius 1 is 1.14 bits per heavy atom. The van der Waals surface area contributed by atoms with Gasteiger partial charge in [-0.25, -0.2) is 9.97 Å². The summed E-state index contributed by atoms with van der Waals surface area (Å²) in [5.41, 5.74) is 1.59. The number of benzene rings is 1. The van der Waals surface area contributed by atoms with Crippen molar-refractivity contribution in [2.75, 3.05) is 31.1 Å². The van der Waals surface area contributed by atoms with Crippen LogP contribution in [0.4, 0.5) is 5.82 Å². The van der Waals surface area contributed by atoms with E-state index in [1.54, 1.807) is 29.8 Å². The predicted molar refractivity (Wildman–Crippen MR) is 111 cm³/mol.